The number of carbonyl (C=O) groups excluding carboxylic acids is 1. The molecule has 0 atom stereocenters. The lowest BCUT2D eigenvalue weighted by Gasteiger charge is -2.05. The van der Waals surface area contributed by atoms with E-state index in [4.69, 9.17) is 0 Å². The fourth-order valence-electron chi connectivity index (χ4n) is 2.28. The summed E-state index contributed by atoms with van der Waals surface area (Å²) in [6.07, 6.45) is 3.04. The Morgan fingerprint density at radius 1 is 1.37 bits per heavy atom. The van der Waals surface area contributed by atoms with E-state index in [1.807, 2.05) is 25.6 Å². The Morgan fingerprint density at radius 3 is 2.68 bits per heavy atom. The van der Waals surface area contributed by atoms with Crippen molar-refractivity contribution in [2.24, 2.45) is 7.05 Å². The fourth-order valence-corrected chi connectivity index (χ4v) is 2.28. The molecule has 2 rings (SSSR count). The highest BCUT2D eigenvalue weighted by Gasteiger charge is 2.17. The second kappa shape index (κ2) is 5.38. The molecule has 0 radical (unpaired) electrons. The first kappa shape index (κ1) is 13.5. The number of nitrogens with zero attached hydrogens (tertiary/aromatic N) is 4. The molecule has 2 heterocycles. The molecule has 5 heteroatoms. The standard InChI is InChI=1S/C14H20N4O/c1-5-8-18-13(6-7-15-18)14(19)9-12-10(2)16-17(4)11(12)3/h6-7H,5,8-9H2,1-4H3. The lowest BCUT2D eigenvalue weighted by atomic mass is 10.1. The number of rotatable bonds is 5. The summed E-state index contributed by atoms with van der Waals surface area (Å²) in [5.74, 6) is 0.102. The van der Waals surface area contributed by atoms with Crippen molar-refractivity contribution in [3.05, 3.63) is 34.9 Å². The largest absolute Gasteiger partial charge is 0.292 e. The van der Waals surface area contributed by atoms with E-state index in [2.05, 4.69) is 17.1 Å². The van der Waals surface area contributed by atoms with Crippen molar-refractivity contribution in [3.63, 3.8) is 0 Å². The van der Waals surface area contributed by atoms with Gasteiger partial charge in [-0.1, -0.05) is 6.92 Å². The Hall–Kier alpha value is -1.91. The Kier molecular flexibility index (Phi) is 3.83. The molecular weight excluding hydrogens is 240 g/mol. The maximum atomic E-state index is 12.4. The topological polar surface area (TPSA) is 52.7 Å². The van der Waals surface area contributed by atoms with Gasteiger partial charge in [0.15, 0.2) is 5.78 Å². The average Bonchev–Trinajstić information content (AvgIpc) is 2.91. The van der Waals surface area contributed by atoms with Crippen LogP contribution in [0.3, 0.4) is 0 Å². The molecule has 0 saturated heterocycles. The third-order valence-electron chi connectivity index (χ3n) is 3.43. The third kappa shape index (κ3) is 2.59. The van der Waals surface area contributed by atoms with Crippen LogP contribution in [-0.2, 0) is 20.0 Å². The number of aromatic nitrogens is 4. The van der Waals surface area contributed by atoms with Crippen LogP contribution < -0.4 is 0 Å². The van der Waals surface area contributed by atoms with Crippen LogP contribution >= 0.6 is 0 Å². The van der Waals surface area contributed by atoms with Gasteiger partial charge in [-0.15, -0.1) is 0 Å². The van der Waals surface area contributed by atoms with Crippen LogP contribution in [0.15, 0.2) is 12.3 Å². The van der Waals surface area contributed by atoms with Gasteiger partial charge in [-0.2, -0.15) is 10.2 Å². The number of Topliss-reactive ketones (excluding diaryl/α,β-unsaturated/α-hetero) is 1. The molecule has 5 nitrogen and oxygen atoms in total. The molecular formula is C14H20N4O. The van der Waals surface area contributed by atoms with E-state index in [1.165, 1.54) is 0 Å². The Morgan fingerprint density at radius 2 is 2.11 bits per heavy atom. The number of ketones is 1. The maximum absolute atomic E-state index is 12.4. The first-order valence-electron chi connectivity index (χ1n) is 6.58. The summed E-state index contributed by atoms with van der Waals surface area (Å²) in [4.78, 5) is 12.4. The van der Waals surface area contributed by atoms with Gasteiger partial charge in [-0.05, 0) is 26.3 Å². The van der Waals surface area contributed by atoms with Crippen molar-refractivity contribution in [2.75, 3.05) is 0 Å². The second-order valence-electron chi connectivity index (χ2n) is 4.81. The van der Waals surface area contributed by atoms with Crippen LogP contribution in [0.4, 0.5) is 0 Å². The molecule has 0 amide bonds. The summed E-state index contributed by atoms with van der Waals surface area (Å²) in [6.45, 7) is 6.79. The van der Waals surface area contributed by atoms with Gasteiger partial charge in [-0.3, -0.25) is 14.2 Å². The molecule has 2 aromatic heterocycles. The molecule has 0 saturated carbocycles. The number of hydrogen-bond acceptors (Lipinski definition) is 3. The summed E-state index contributed by atoms with van der Waals surface area (Å²) in [5.41, 5.74) is 3.68. The van der Waals surface area contributed by atoms with Crippen LogP contribution in [-0.4, -0.2) is 25.3 Å². The highest BCUT2D eigenvalue weighted by atomic mass is 16.1. The Labute approximate surface area is 113 Å². The van der Waals surface area contributed by atoms with E-state index < -0.39 is 0 Å². The van der Waals surface area contributed by atoms with Crippen LogP contribution in [0, 0.1) is 13.8 Å². The summed E-state index contributed by atoms with van der Waals surface area (Å²) >= 11 is 0. The molecule has 0 aliphatic carbocycles. The van der Waals surface area contributed by atoms with Gasteiger partial charge >= 0.3 is 0 Å². The van der Waals surface area contributed by atoms with Gasteiger partial charge in [0.25, 0.3) is 0 Å². The minimum absolute atomic E-state index is 0.102. The van der Waals surface area contributed by atoms with Gasteiger partial charge in [0.1, 0.15) is 5.69 Å². The Balaban J connectivity index is 2.23. The van der Waals surface area contributed by atoms with Crippen molar-refractivity contribution in [1.29, 1.82) is 0 Å². The van der Waals surface area contributed by atoms with Crippen molar-refractivity contribution in [3.8, 4) is 0 Å². The van der Waals surface area contributed by atoms with E-state index >= 15 is 0 Å². The van der Waals surface area contributed by atoms with Gasteiger partial charge in [0.05, 0.1) is 5.69 Å². The predicted octanol–water partition coefficient (Wildman–Crippen LogP) is 2.07. The zero-order chi connectivity index (χ0) is 14.0. The molecule has 2 aromatic rings. The maximum Gasteiger partial charge on any atom is 0.185 e. The fraction of sp³-hybridized carbons (Fsp3) is 0.500. The first-order valence-corrected chi connectivity index (χ1v) is 6.58. The van der Waals surface area contributed by atoms with Gasteiger partial charge in [0.2, 0.25) is 0 Å². The van der Waals surface area contributed by atoms with E-state index in [9.17, 15) is 4.79 Å². The normalized spacial score (nSPS) is 10.9. The molecule has 0 aromatic carbocycles. The molecule has 0 fully saturated rings. The van der Waals surface area contributed by atoms with Crippen molar-refractivity contribution in [1.82, 2.24) is 19.6 Å². The van der Waals surface area contributed by atoms with E-state index in [1.54, 1.807) is 16.9 Å². The second-order valence-corrected chi connectivity index (χ2v) is 4.81. The minimum Gasteiger partial charge on any atom is -0.292 e. The zero-order valence-electron chi connectivity index (χ0n) is 12.0. The number of aryl methyl sites for hydroxylation is 3. The van der Waals surface area contributed by atoms with E-state index in [0.717, 1.165) is 29.9 Å². The number of carbonyl (C=O) groups is 1. The lowest BCUT2D eigenvalue weighted by molar-refractivity contribution is 0.0982. The van der Waals surface area contributed by atoms with Crippen molar-refractivity contribution in [2.45, 2.75) is 40.2 Å². The number of hydrogen-bond donors (Lipinski definition) is 0. The molecule has 0 N–H and O–H groups in total. The van der Waals surface area contributed by atoms with E-state index in [0.29, 0.717) is 12.1 Å². The first-order chi connectivity index (χ1) is 9.04. The lowest BCUT2D eigenvalue weighted by Crippen LogP contribution is -2.13. The van der Waals surface area contributed by atoms with Crippen LogP contribution in [0.1, 0.15) is 40.8 Å². The smallest absolute Gasteiger partial charge is 0.185 e. The summed E-state index contributed by atoms with van der Waals surface area (Å²) in [7, 11) is 1.90. The summed E-state index contributed by atoms with van der Waals surface area (Å²) < 4.78 is 3.60. The van der Waals surface area contributed by atoms with Gasteiger partial charge in [-0.25, -0.2) is 0 Å². The molecule has 0 aliphatic rings. The molecule has 0 spiro atoms. The highest BCUT2D eigenvalue weighted by Crippen LogP contribution is 2.15. The van der Waals surface area contributed by atoms with E-state index in [-0.39, 0.29) is 5.78 Å². The molecule has 19 heavy (non-hydrogen) atoms. The quantitative estimate of drug-likeness (QED) is 0.773. The molecule has 0 unspecified atom stereocenters. The average molecular weight is 260 g/mol. The molecule has 0 aliphatic heterocycles. The monoisotopic (exact) mass is 260 g/mol. The van der Waals surface area contributed by atoms with Crippen molar-refractivity contribution < 1.29 is 4.79 Å². The highest BCUT2D eigenvalue weighted by molar-refractivity contribution is 5.96. The molecule has 102 valence electrons. The SMILES string of the molecule is CCCn1nccc1C(=O)Cc1c(C)nn(C)c1C. The van der Waals surface area contributed by atoms with Crippen molar-refractivity contribution >= 4 is 5.78 Å². The summed E-state index contributed by atoms with van der Waals surface area (Å²) in [5, 5.41) is 8.54. The molecule has 0 bridgehead atoms. The Bertz CT molecular complexity index is 595. The predicted molar refractivity (Wildman–Crippen MR) is 73.2 cm³/mol. The van der Waals surface area contributed by atoms with Crippen LogP contribution in [0.5, 0.6) is 0 Å². The van der Waals surface area contributed by atoms with Crippen LogP contribution in [0.2, 0.25) is 0 Å². The zero-order valence-corrected chi connectivity index (χ0v) is 12.0. The summed E-state index contributed by atoms with van der Waals surface area (Å²) in [6, 6.07) is 1.79. The van der Waals surface area contributed by atoms with Gasteiger partial charge in [0, 0.05) is 37.5 Å². The minimum atomic E-state index is 0.102. The van der Waals surface area contributed by atoms with Crippen LogP contribution in [0.25, 0.3) is 0 Å². The van der Waals surface area contributed by atoms with Gasteiger partial charge < -0.3 is 0 Å². The third-order valence-corrected chi connectivity index (χ3v) is 3.43.